The van der Waals surface area contributed by atoms with Crippen LogP contribution in [0.5, 0.6) is 0 Å². The lowest BCUT2D eigenvalue weighted by molar-refractivity contribution is -0.0143. The largest absolute Gasteiger partial charge is 0.388 e. The molecule has 0 heterocycles. The first kappa shape index (κ1) is 19.9. The summed E-state index contributed by atoms with van der Waals surface area (Å²) in [6, 6.07) is 4.44. The summed E-state index contributed by atoms with van der Waals surface area (Å²) in [5, 5.41) is 13.5. The Hall–Kier alpha value is -1.44. The lowest BCUT2D eigenvalue weighted by Gasteiger charge is -2.35. The molecule has 3 N–H and O–H groups in total. The zero-order valence-electron chi connectivity index (χ0n) is 15.1. The molecule has 0 aromatic heterocycles. The maximum Gasteiger partial charge on any atom is 0.251 e. The van der Waals surface area contributed by atoms with E-state index in [0.29, 0.717) is 11.1 Å². The second kappa shape index (κ2) is 7.85. The van der Waals surface area contributed by atoms with Crippen LogP contribution >= 0.6 is 0 Å². The van der Waals surface area contributed by atoms with Crippen molar-refractivity contribution >= 4 is 15.9 Å². The highest BCUT2D eigenvalue weighted by Gasteiger charge is 2.33. The molecule has 1 saturated carbocycles. The van der Waals surface area contributed by atoms with Gasteiger partial charge in [0, 0.05) is 12.1 Å². The van der Waals surface area contributed by atoms with Gasteiger partial charge in [0.2, 0.25) is 10.0 Å². The first-order valence-electron chi connectivity index (χ1n) is 8.72. The molecule has 1 aliphatic rings. The minimum absolute atomic E-state index is 0.0461. The number of rotatable bonds is 6. The number of nitrogens with one attached hydrogen (secondary N) is 2. The number of amides is 1. The van der Waals surface area contributed by atoms with E-state index in [0.717, 1.165) is 25.7 Å². The number of aryl methyl sites for hydroxylation is 1. The van der Waals surface area contributed by atoms with Crippen LogP contribution in [0.2, 0.25) is 0 Å². The molecule has 25 heavy (non-hydrogen) atoms. The highest BCUT2D eigenvalue weighted by molar-refractivity contribution is 7.89. The fourth-order valence-corrected chi connectivity index (χ4v) is 4.11. The van der Waals surface area contributed by atoms with Crippen LogP contribution in [-0.4, -0.2) is 38.6 Å². The molecule has 6 nitrogen and oxygen atoms in total. The summed E-state index contributed by atoms with van der Waals surface area (Å²) in [6.07, 6.45) is 5.36. The molecule has 0 unspecified atom stereocenters. The van der Waals surface area contributed by atoms with Crippen LogP contribution in [0.4, 0.5) is 0 Å². The van der Waals surface area contributed by atoms with Crippen molar-refractivity contribution in [3.8, 4) is 0 Å². The Bertz CT molecular complexity index is 723. The van der Waals surface area contributed by atoms with Crippen molar-refractivity contribution in [1.82, 2.24) is 10.0 Å². The molecule has 1 aromatic rings. The van der Waals surface area contributed by atoms with Crippen LogP contribution in [0, 0.1) is 12.8 Å². The molecule has 0 radical (unpaired) electrons. The van der Waals surface area contributed by atoms with E-state index in [4.69, 9.17) is 0 Å². The minimum Gasteiger partial charge on any atom is -0.388 e. The average Bonchev–Trinajstić information content (AvgIpc) is 2.60. The first-order chi connectivity index (χ1) is 11.7. The van der Waals surface area contributed by atoms with Gasteiger partial charge in [0.15, 0.2) is 0 Å². The highest BCUT2D eigenvalue weighted by Crippen LogP contribution is 2.32. The molecule has 1 aliphatic carbocycles. The van der Waals surface area contributed by atoms with E-state index in [1.807, 2.05) is 0 Å². The van der Waals surface area contributed by atoms with Crippen molar-refractivity contribution in [3.63, 3.8) is 0 Å². The standard InChI is InChI=1S/C18H28N2O4S/c1-13-9-10-15(25(23,24)19-3)11-16(13)17(21)20-12-18(2,22)14-7-5-4-6-8-14/h9-11,14,19,22H,4-8,12H2,1-3H3,(H,20,21)/t18-/m0/s1. The Balaban J connectivity index is 2.11. The van der Waals surface area contributed by atoms with E-state index in [-0.39, 0.29) is 23.3 Å². The monoisotopic (exact) mass is 368 g/mol. The maximum atomic E-state index is 12.5. The number of sulfonamides is 1. The number of carbonyl (C=O) groups is 1. The van der Waals surface area contributed by atoms with E-state index in [1.165, 1.54) is 25.6 Å². The van der Waals surface area contributed by atoms with Crippen molar-refractivity contribution < 1.29 is 18.3 Å². The molecular weight excluding hydrogens is 340 g/mol. The third-order valence-electron chi connectivity index (χ3n) is 5.12. The smallest absolute Gasteiger partial charge is 0.251 e. The van der Waals surface area contributed by atoms with Crippen LogP contribution in [0.1, 0.15) is 54.9 Å². The van der Waals surface area contributed by atoms with E-state index >= 15 is 0 Å². The topological polar surface area (TPSA) is 95.5 Å². The van der Waals surface area contributed by atoms with Crippen molar-refractivity contribution in [2.24, 2.45) is 5.92 Å². The van der Waals surface area contributed by atoms with Gasteiger partial charge in [-0.15, -0.1) is 0 Å². The Morgan fingerprint density at radius 2 is 1.92 bits per heavy atom. The van der Waals surface area contributed by atoms with Crippen LogP contribution in [0.25, 0.3) is 0 Å². The average molecular weight is 368 g/mol. The van der Waals surface area contributed by atoms with Gasteiger partial charge in [0.05, 0.1) is 10.5 Å². The maximum absolute atomic E-state index is 12.5. The molecule has 0 saturated heterocycles. The van der Waals surface area contributed by atoms with Crippen molar-refractivity contribution in [1.29, 1.82) is 0 Å². The molecule has 7 heteroatoms. The van der Waals surface area contributed by atoms with Gasteiger partial charge < -0.3 is 10.4 Å². The Morgan fingerprint density at radius 3 is 2.52 bits per heavy atom. The van der Waals surface area contributed by atoms with Gasteiger partial charge in [-0.2, -0.15) is 0 Å². The number of aliphatic hydroxyl groups is 1. The molecule has 140 valence electrons. The number of hydrogen-bond acceptors (Lipinski definition) is 4. The van der Waals surface area contributed by atoms with Gasteiger partial charge >= 0.3 is 0 Å². The summed E-state index contributed by atoms with van der Waals surface area (Å²) < 4.78 is 26.1. The molecule has 0 spiro atoms. The number of benzene rings is 1. The van der Waals surface area contributed by atoms with Gasteiger partial charge in [-0.25, -0.2) is 13.1 Å². The third kappa shape index (κ3) is 4.80. The fourth-order valence-electron chi connectivity index (χ4n) is 3.35. The first-order valence-corrected chi connectivity index (χ1v) is 10.2. The third-order valence-corrected chi connectivity index (χ3v) is 6.54. The predicted octanol–water partition coefficient (Wildman–Crippen LogP) is 1.96. The van der Waals surface area contributed by atoms with Crippen molar-refractivity contribution in [2.45, 2.75) is 56.4 Å². The zero-order valence-corrected chi connectivity index (χ0v) is 15.9. The lowest BCUT2D eigenvalue weighted by atomic mass is 9.78. The Kier molecular flexibility index (Phi) is 6.24. The SMILES string of the molecule is CNS(=O)(=O)c1ccc(C)c(C(=O)NC[C@](C)(O)C2CCCCC2)c1. The summed E-state index contributed by atoms with van der Waals surface area (Å²) in [4.78, 5) is 12.6. The Morgan fingerprint density at radius 1 is 1.28 bits per heavy atom. The van der Waals surface area contributed by atoms with E-state index in [9.17, 15) is 18.3 Å². The van der Waals surface area contributed by atoms with E-state index in [2.05, 4.69) is 10.0 Å². The fraction of sp³-hybridized carbons (Fsp3) is 0.611. The summed E-state index contributed by atoms with van der Waals surface area (Å²) >= 11 is 0. The van der Waals surface area contributed by atoms with Gasteiger partial charge in [0.1, 0.15) is 0 Å². The van der Waals surface area contributed by atoms with Gasteiger partial charge in [-0.05, 0) is 57.4 Å². The van der Waals surface area contributed by atoms with E-state index < -0.39 is 15.6 Å². The van der Waals surface area contributed by atoms with Crippen molar-refractivity contribution in [3.05, 3.63) is 29.3 Å². The molecule has 1 fully saturated rings. The zero-order chi connectivity index (χ0) is 18.7. The normalized spacial score (nSPS) is 18.6. The van der Waals surface area contributed by atoms with E-state index in [1.54, 1.807) is 19.9 Å². The minimum atomic E-state index is -3.61. The Labute approximate surface area is 150 Å². The van der Waals surface area contributed by atoms with Gasteiger partial charge in [0.25, 0.3) is 5.91 Å². The molecule has 1 amide bonds. The second-order valence-electron chi connectivity index (χ2n) is 7.06. The molecular formula is C18H28N2O4S. The summed E-state index contributed by atoms with van der Waals surface area (Å²) in [5.41, 5.74) is 0.0270. The van der Waals surface area contributed by atoms with Crippen LogP contribution in [0.3, 0.4) is 0 Å². The second-order valence-corrected chi connectivity index (χ2v) is 8.95. The summed E-state index contributed by atoms with van der Waals surface area (Å²) in [5.74, 6) is -0.194. The quantitative estimate of drug-likeness (QED) is 0.715. The van der Waals surface area contributed by atoms with Crippen LogP contribution in [0.15, 0.2) is 23.1 Å². The molecule has 2 rings (SSSR count). The van der Waals surface area contributed by atoms with Crippen LogP contribution in [-0.2, 0) is 10.0 Å². The summed E-state index contributed by atoms with van der Waals surface area (Å²) in [7, 11) is -2.28. The molecule has 0 bridgehead atoms. The van der Waals surface area contributed by atoms with Gasteiger partial charge in [-0.1, -0.05) is 25.3 Å². The molecule has 1 atom stereocenters. The summed E-state index contributed by atoms with van der Waals surface area (Å²) in [6.45, 7) is 3.67. The lowest BCUT2D eigenvalue weighted by Crippen LogP contribution is -2.46. The number of carbonyl (C=O) groups excluding carboxylic acids is 1. The predicted molar refractivity (Wildman–Crippen MR) is 97.0 cm³/mol. The highest BCUT2D eigenvalue weighted by atomic mass is 32.2. The molecule has 0 aliphatic heterocycles. The van der Waals surface area contributed by atoms with Crippen LogP contribution < -0.4 is 10.0 Å². The number of hydrogen-bond donors (Lipinski definition) is 3. The van der Waals surface area contributed by atoms with Gasteiger partial charge in [-0.3, -0.25) is 4.79 Å². The van der Waals surface area contributed by atoms with Crippen molar-refractivity contribution in [2.75, 3.05) is 13.6 Å². The molecule has 1 aromatic carbocycles.